The summed E-state index contributed by atoms with van der Waals surface area (Å²) in [4.78, 5) is 39.4. The van der Waals surface area contributed by atoms with Crippen LogP contribution in [0.1, 0.15) is 31.1 Å². The van der Waals surface area contributed by atoms with E-state index in [1.165, 1.54) is 16.7 Å². The van der Waals surface area contributed by atoms with Gasteiger partial charge in [-0.3, -0.25) is 19.3 Å². The first-order valence-electron chi connectivity index (χ1n) is 9.20. The van der Waals surface area contributed by atoms with Crippen molar-refractivity contribution in [1.29, 1.82) is 0 Å². The minimum Gasteiger partial charge on any atom is -0.497 e. The van der Waals surface area contributed by atoms with E-state index in [0.29, 0.717) is 28.1 Å². The minimum absolute atomic E-state index is 0.224. The van der Waals surface area contributed by atoms with Crippen LogP contribution in [0.5, 0.6) is 5.75 Å². The van der Waals surface area contributed by atoms with Crippen molar-refractivity contribution >= 4 is 35.2 Å². The zero-order valence-corrected chi connectivity index (χ0v) is 16.9. The zero-order valence-electron chi connectivity index (χ0n) is 16.1. The van der Waals surface area contributed by atoms with E-state index in [9.17, 15) is 14.4 Å². The van der Waals surface area contributed by atoms with E-state index in [1.807, 2.05) is 12.1 Å². The third-order valence-electron chi connectivity index (χ3n) is 4.68. The molecule has 3 amide bonds. The molecule has 1 aliphatic heterocycles. The van der Waals surface area contributed by atoms with Gasteiger partial charge in [0.25, 0.3) is 17.7 Å². The van der Waals surface area contributed by atoms with Gasteiger partial charge in [0.15, 0.2) is 0 Å². The third kappa shape index (κ3) is 3.92. The van der Waals surface area contributed by atoms with Crippen LogP contribution in [0, 0.1) is 0 Å². The fraction of sp³-hybridized carbons (Fsp3) is 0.0870. The number of imide groups is 1. The summed E-state index contributed by atoms with van der Waals surface area (Å²) in [6, 6.07) is 21.0. The fourth-order valence-corrected chi connectivity index (χ4v) is 3.94. The predicted octanol–water partition coefficient (Wildman–Crippen LogP) is 4.29. The van der Waals surface area contributed by atoms with Crippen LogP contribution in [-0.2, 0) is 0 Å². The Balaban J connectivity index is 1.37. The number of nitrogens with one attached hydrogen (secondary N) is 1. The predicted molar refractivity (Wildman–Crippen MR) is 115 cm³/mol. The maximum atomic E-state index is 12.4. The van der Waals surface area contributed by atoms with Gasteiger partial charge in [0.1, 0.15) is 5.75 Å². The summed E-state index contributed by atoms with van der Waals surface area (Å²) in [6.45, 7) is 0. The number of amides is 3. The van der Waals surface area contributed by atoms with Crippen LogP contribution >= 0.6 is 11.8 Å². The molecule has 0 fully saturated rings. The van der Waals surface area contributed by atoms with Crippen molar-refractivity contribution in [2.75, 3.05) is 18.3 Å². The Hall–Kier alpha value is -3.58. The van der Waals surface area contributed by atoms with Crippen LogP contribution in [0.15, 0.2) is 77.7 Å². The van der Waals surface area contributed by atoms with Crippen molar-refractivity contribution in [3.05, 3.63) is 89.5 Å². The molecule has 0 spiro atoms. The number of carbonyl (C=O) groups is 3. The second-order valence-electron chi connectivity index (χ2n) is 6.57. The average molecular weight is 418 g/mol. The Morgan fingerprint density at radius 3 is 2.23 bits per heavy atom. The molecule has 7 heteroatoms. The molecule has 6 nitrogen and oxygen atoms in total. The molecule has 1 aliphatic rings. The van der Waals surface area contributed by atoms with Crippen molar-refractivity contribution in [3.63, 3.8) is 0 Å². The van der Waals surface area contributed by atoms with Crippen LogP contribution in [-0.4, -0.2) is 35.6 Å². The van der Waals surface area contributed by atoms with Crippen LogP contribution in [0.25, 0.3) is 0 Å². The molecule has 30 heavy (non-hydrogen) atoms. The summed E-state index contributed by atoms with van der Waals surface area (Å²) >= 11 is 1.38. The van der Waals surface area contributed by atoms with E-state index in [4.69, 9.17) is 4.74 Å². The van der Waals surface area contributed by atoms with Crippen LogP contribution in [0.2, 0.25) is 0 Å². The highest BCUT2D eigenvalue weighted by Gasteiger charge is 2.34. The number of benzene rings is 3. The van der Waals surface area contributed by atoms with Gasteiger partial charge in [0.05, 0.1) is 24.1 Å². The molecule has 150 valence electrons. The molecular formula is C23H18N2O4S. The first-order valence-corrected chi connectivity index (χ1v) is 10.2. The SMILES string of the molecule is COc1cccc(C(=O)Nc2ccc(SCN3C(=O)c4ccccc4C3=O)cc2)c1. The smallest absolute Gasteiger partial charge is 0.262 e. The highest BCUT2D eigenvalue weighted by molar-refractivity contribution is 7.99. The van der Waals surface area contributed by atoms with E-state index in [-0.39, 0.29) is 23.6 Å². The summed E-state index contributed by atoms with van der Waals surface area (Å²) < 4.78 is 5.14. The summed E-state index contributed by atoms with van der Waals surface area (Å²) in [6.07, 6.45) is 0. The monoisotopic (exact) mass is 418 g/mol. The number of fused-ring (bicyclic) bond motifs is 1. The number of ether oxygens (including phenoxy) is 1. The lowest BCUT2D eigenvalue weighted by atomic mass is 10.1. The van der Waals surface area contributed by atoms with Crippen LogP contribution in [0.3, 0.4) is 0 Å². The molecule has 0 saturated heterocycles. The van der Waals surface area contributed by atoms with Gasteiger partial charge in [-0.15, -0.1) is 11.8 Å². The van der Waals surface area contributed by atoms with Crippen LogP contribution in [0.4, 0.5) is 5.69 Å². The van der Waals surface area contributed by atoms with Crippen molar-refractivity contribution in [1.82, 2.24) is 4.90 Å². The molecule has 0 aromatic heterocycles. The van der Waals surface area contributed by atoms with Gasteiger partial charge in [-0.05, 0) is 54.6 Å². The second kappa shape index (κ2) is 8.42. The lowest BCUT2D eigenvalue weighted by Gasteiger charge is -2.13. The number of hydrogen-bond acceptors (Lipinski definition) is 5. The molecule has 0 bridgehead atoms. The minimum atomic E-state index is -0.273. The lowest BCUT2D eigenvalue weighted by Crippen LogP contribution is -2.29. The molecule has 3 aromatic carbocycles. The maximum Gasteiger partial charge on any atom is 0.262 e. The largest absolute Gasteiger partial charge is 0.497 e. The third-order valence-corrected chi connectivity index (χ3v) is 5.68. The molecule has 0 unspecified atom stereocenters. The number of anilines is 1. The molecule has 1 heterocycles. The number of hydrogen-bond donors (Lipinski definition) is 1. The molecule has 3 aromatic rings. The van der Waals surface area contributed by atoms with Gasteiger partial charge in [-0.25, -0.2) is 0 Å². The molecule has 1 N–H and O–H groups in total. The molecule has 0 radical (unpaired) electrons. The Kier molecular flexibility index (Phi) is 5.54. The zero-order chi connectivity index (χ0) is 21.1. The first-order chi connectivity index (χ1) is 14.6. The van der Waals surface area contributed by atoms with Gasteiger partial charge in [0.2, 0.25) is 0 Å². The number of methoxy groups -OCH3 is 1. The second-order valence-corrected chi connectivity index (χ2v) is 7.59. The fourth-order valence-electron chi connectivity index (χ4n) is 3.10. The topological polar surface area (TPSA) is 75.7 Å². The van der Waals surface area contributed by atoms with E-state index >= 15 is 0 Å². The standard InChI is InChI=1S/C23H18N2O4S/c1-29-17-6-4-5-15(13-17)21(26)24-16-9-11-18(12-10-16)30-14-25-22(27)19-7-2-3-8-20(19)23(25)28/h2-13H,14H2,1H3,(H,24,26). The van der Waals surface area contributed by atoms with Crippen molar-refractivity contribution in [2.24, 2.45) is 0 Å². The Morgan fingerprint density at radius 2 is 1.60 bits per heavy atom. The number of thioether (sulfide) groups is 1. The highest BCUT2D eigenvalue weighted by Crippen LogP contribution is 2.27. The molecule has 0 saturated carbocycles. The van der Waals surface area contributed by atoms with Crippen LogP contribution < -0.4 is 10.1 Å². The Bertz CT molecular complexity index is 1090. The molecular weight excluding hydrogens is 400 g/mol. The van der Waals surface area contributed by atoms with Gasteiger partial charge in [0, 0.05) is 16.1 Å². The van der Waals surface area contributed by atoms with Gasteiger partial charge >= 0.3 is 0 Å². The molecule has 4 rings (SSSR count). The first kappa shape index (κ1) is 19.7. The van der Waals surface area contributed by atoms with Gasteiger partial charge < -0.3 is 10.1 Å². The molecule has 0 aliphatic carbocycles. The van der Waals surface area contributed by atoms with Crippen molar-refractivity contribution in [2.45, 2.75) is 4.90 Å². The highest BCUT2D eigenvalue weighted by atomic mass is 32.2. The Morgan fingerprint density at radius 1 is 0.933 bits per heavy atom. The van der Waals surface area contributed by atoms with E-state index < -0.39 is 0 Å². The van der Waals surface area contributed by atoms with Crippen molar-refractivity contribution in [3.8, 4) is 5.75 Å². The summed E-state index contributed by atoms with van der Waals surface area (Å²) in [5, 5.41) is 2.84. The summed E-state index contributed by atoms with van der Waals surface area (Å²) in [5.74, 6) is 0.0559. The summed E-state index contributed by atoms with van der Waals surface area (Å²) in [5.41, 5.74) is 2.03. The van der Waals surface area contributed by atoms with Crippen molar-refractivity contribution < 1.29 is 19.1 Å². The lowest BCUT2D eigenvalue weighted by molar-refractivity contribution is 0.0683. The number of carbonyl (C=O) groups excluding carboxylic acids is 3. The average Bonchev–Trinajstić information content (AvgIpc) is 3.03. The van der Waals surface area contributed by atoms with Gasteiger partial charge in [-0.2, -0.15) is 0 Å². The quantitative estimate of drug-likeness (QED) is 0.477. The number of rotatable bonds is 6. The summed E-state index contributed by atoms with van der Waals surface area (Å²) in [7, 11) is 1.55. The molecule has 0 atom stereocenters. The Labute approximate surface area is 177 Å². The van der Waals surface area contributed by atoms with E-state index in [0.717, 1.165) is 4.90 Å². The van der Waals surface area contributed by atoms with E-state index in [2.05, 4.69) is 5.32 Å². The number of nitrogens with zero attached hydrogens (tertiary/aromatic N) is 1. The van der Waals surface area contributed by atoms with E-state index in [1.54, 1.807) is 67.8 Å². The maximum absolute atomic E-state index is 12.4. The normalized spacial score (nSPS) is 12.6. The van der Waals surface area contributed by atoms with Gasteiger partial charge in [-0.1, -0.05) is 18.2 Å².